The van der Waals surface area contributed by atoms with Crippen molar-refractivity contribution < 1.29 is 5.11 Å². The molecule has 4 nitrogen and oxygen atoms in total. The Kier molecular flexibility index (Phi) is 5.10. The molecule has 1 N–H and O–H groups in total. The van der Waals surface area contributed by atoms with Crippen molar-refractivity contribution in [3.63, 3.8) is 0 Å². The predicted molar refractivity (Wildman–Crippen MR) is 110 cm³/mol. The van der Waals surface area contributed by atoms with Gasteiger partial charge in [-0.3, -0.25) is 0 Å². The number of nitrogens with zero attached hydrogens (tertiary/aromatic N) is 3. The Hall–Kier alpha value is -3.16. The molecule has 4 rings (SSSR count). The van der Waals surface area contributed by atoms with E-state index in [4.69, 9.17) is 0 Å². The highest BCUT2D eigenvalue weighted by molar-refractivity contribution is 5.53. The number of rotatable bonds is 4. The number of hydrogen-bond donors (Lipinski definition) is 1. The smallest absolute Gasteiger partial charge is 0.146 e. The summed E-state index contributed by atoms with van der Waals surface area (Å²) in [5.74, 6) is 0.828. The van der Waals surface area contributed by atoms with E-state index in [1.807, 2.05) is 60.7 Å². The average Bonchev–Trinajstić information content (AvgIpc) is 2.80. The second-order valence-corrected chi connectivity index (χ2v) is 7.25. The molecule has 1 fully saturated rings. The molecule has 3 aromatic rings. The van der Waals surface area contributed by atoms with Crippen LogP contribution in [0.5, 0.6) is 0 Å². The molecule has 1 aliphatic rings. The van der Waals surface area contributed by atoms with E-state index in [9.17, 15) is 10.4 Å². The number of aliphatic hydroxyl groups is 1. The molecule has 1 aliphatic heterocycles. The fourth-order valence-corrected chi connectivity index (χ4v) is 4.27. The summed E-state index contributed by atoms with van der Waals surface area (Å²) in [6.45, 7) is 1.52. The number of piperidine rings is 1. The Morgan fingerprint density at radius 2 is 1.46 bits per heavy atom. The van der Waals surface area contributed by atoms with Gasteiger partial charge in [0.05, 0.1) is 5.56 Å². The largest absolute Gasteiger partial charge is 0.380 e. The molecule has 0 amide bonds. The van der Waals surface area contributed by atoms with Gasteiger partial charge in [-0.25, -0.2) is 4.98 Å². The first-order valence-corrected chi connectivity index (χ1v) is 9.67. The predicted octanol–water partition coefficient (Wildman–Crippen LogP) is 4.11. The first kappa shape index (κ1) is 18.2. The molecular formula is C24H23N3O. The molecule has 0 radical (unpaired) electrons. The lowest BCUT2D eigenvalue weighted by Crippen LogP contribution is -2.44. The molecule has 1 saturated heterocycles. The highest BCUT2D eigenvalue weighted by atomic mass is 16.3. The van der Waals surface area contributed by atoms with Crippen LogP contribution in [0.15, 0.2) is 79.0 Å². The summed E-state index contributed by atoms with van der Waals surface area (Å²) in [6.07, 6.45) is 3.37. The summed E-state index contributed by atoms with van der Waals surface area (Å²) in [5, 5.41) is 21.3. The molecule has 0 saturated carbocycles. The summed E-state index contributed by atoms with van der Waals surface area (Å²) in [4.78, 5) is 6.58. The summed E-state index contributed by atoms with van der Waals surface area (Å²) >= 11 is 0. The highest BCUT2D eigenvalue weighted by Gasteiger charge is 2.41. The van der Waals surface area contributed by atoms with Gasteiger partial charge < -0.3 is 10.0 Å². The standard InChI is InChI=1S/C24H23N3O/c25-18-19-8-7-15-26-23(19)27-16-13-22(14-17-27)24(28,20-9-3-1-4-10-20)21-11-5-2-6-12-21/h1-12,15,22,28H,13-14,16-17H2. The second-order valence-electron chi connectivity index (χ2n) is 7.25. The highest BCUT2D eigenvalue weighted by Crippen LogP contribution is 2.42. The van der Waals surface area contributed by atoms with Crippen LogP contribution in [0.4, 0.5) is 5.82 Å². The van der Waals surface area contributed by atoms with E-state index in [1.54, 1.807) is 18.3 Å². The van der Waals surface area contributed by atoms with E-state index in [-0.39, 0.29) is 5.92 Å². The molecule has 28 heavy (non-hydrogen) atoms. The van der Waals surface area contributed by atoms with Crippen molar-refractivity contribution in [2.45, 2.75) is 18.4 Å². The van der Waals surface area contributed by atoms with Gasteiger partial charge in [-0.1, -0.05) is 60.7 Å². The zero-order valence-corrected chi connectivity index (χ0v) is 15.7. The number of hydrogen-bond acceptors (Lipinski definition) is 4. The van der Waals surface area contributed by atoms with Gasteiger partial charge in [-0.05, 0) is 42.0 Å². The minimum atomic E-state index is -1.03. The van der Waals surface area contributed by atoms with E-state index >= 15 is 0 Å². The third-order valence-electron chi connectivity index (χ3n) is 5.72. The van der Waals surface area contributed by atoms with Crippen molar-refractivity contribution in [3.05, 3.63) is 95.7 Å². The van der Waals surface area contributed by atoms with Gasteiger partial charge >= 0.3 is 0 Å². The maximum absolute atomic E-state index is 11.9. The Bertz CT molecular complexity index is 918. The van der Waals surface area contributed by atoms with Crippen molar-refractivity contribution >= 4 is 5.82 Å². The van der Waals surface area contributed by atoms with E-state index in [0.29, 0.717) is 5.56 Å². The Balaban J connectivity index is 1.63. The third-order valence-corrected chi connectivity index (χ3v) is 5.72. The van der Waals surface area contributed by atoms with Crippen LogP contribution in [0.2, 0.25) is 0 Å². The van der Waals surface area contributed by atoms with Crippen LogP contribution in [-0.2, 0) is 5.60 Å². The monoisotopic (exact) mass is 369 g/mol. The lowest BCUT2D eigenvalue weighted by Gasteiger charge is -2.42. The fraction of sp³-hybridized carbons (Fsp3) is 0.250. The van der Waals surface area contributed by atoms with Gasteiger partial charge in [0.2, 0.25) is 0 Å². The van der Waals surface area contributed by atoms with E-state index < -0.39 is 5.60 Å². The molecular weight excluding hydrogens is 346 g/mol. The maximum atomic E-state index is 11.9. The van der Waals surface area contributed by atoms with Crippen molar-refractivity contribution in [1.82, 2.24) is 4.98 Å². The topological polar surface area (TPSA) is 60.2 Å². The first-order valence-electron chi connectivity index (χ1n) is 9.67. The van der Waals surface area contributed by atoms with Crippen molar-refractivity contribution in [2.75, 3.05) is 18.0 Å². The lowest BCUT2D eigenvalue weighted by molar-refractivity contribution is 0.00500. The molecule has 2 aromatic carbocycles. The third kappa shape index (κ3) is 3.26. The molecule has 0 atom stereocenters. The normalized spacial score (nSPS) is 15.2. The molecule has 2 heterocycles. The van der Waals surface area contributed by atoms with Gasteiger partial charge in [0.25, 0.3) is 0 Å². The minimum absolute atomic E-state index is 0.0859. The van der Waals surface area contributed by atoms with Gasteiger partial charge in [0.1, 0.15) is 17.5 Å². The number of nitriles is 1. The lowest BCUT2D eigenvalue weighted by atomic mass is 9.72. The van der Waals surface area contributed by atoms with E-state index in [1.165, 1.54) is 0 Å². The molecule has 0 unspecified atom stereocenters. The van der Waals surface area contributed by atoms with Crippen LogP contribution in [0, 0.1) is 17.2 Å². The van der Waals surface area contributed by atoms with E-state index in [2.05, 4.69) is 16.0 Å². The quantitative estimate of drug-likeness (QED) is 0.752. The zero-order chi connectivity index (χ0) is 19.4. The van der Waals surface area contributed by atoms with Gasteiger partial charge in [-0.2, -0.15) is 5.26 Å². The second kappa shape index (κ2) is 7.84. The summed E-state index contributed by atoms with van der Waals surface area (Å²) in [5.41, 5.74) is 1.42. The van der Waals surface area contributed by atoms with Gasteiger partial charge in [0.15, 0.2) is 0 Å². The van der Waals surface area contributed by atoms with Crippen LogP contribution in [-0.4, -0.2) is 23.2 Å². The van der Waals surface area contributed by atoms with Gasteiger partial charge in [0, 0.05) is 19.3 Å². The molecule has 4 heteroatoms. The molecule has 1 aromatic heterocycles. The molecule has 0 aliphatic carbocycles. The van der Waals surface area contributed by atoms with Crippen LogP contribution >= 0.6 is 0 Å². The Labute approximate surface area is 165 Å². The first-order chi connectivity index (χ1) is 13.7. The SMILES string of the molecule is N#Cc1cccnc1N1CCC(C(O)(c2ccccc2)c2ccccc2)CC1. The van der Waals surface area contributed by atoms with E-state index in [0.717, 1.165) is 42.9 Å². The minimum Gasteiger partial charge on any atom is -0.380 e. The summed E-state index contributed by atoms with van der Waals surface area (Å²) in [6, 6.07) is 25.7. The number of anilines is 1. The van der Waals surface area contributed by atoms with Crippen LogP contribution in [0.3, 0.4) is 0 Å². The Morgan fingerprint density at radius 1 is 0.893 bits per heavy atom. The molecule has 0 bridgehead atoms. The van der Waals surface area contributed by atoms with Crippen molar-refractivity contribution in [1.29, 1.82) is 5.26 Å². The van der Waals surface area contributed by atoms with Crippen LogP contribution in [0.25, 0.3) is 0 Å². The molecule has 140 valence electrons. The fourth-order valence-electron chi connectivity index (χ4n) is 4.27. The van der Waals surface area contributed by atoms with Gasteiger partial charge in [-0.15, -0.1) is 0 Å². The van der Waals surface area contributed by atoms with Crippen molar-refractivity contribution in [2.24, 2.45) is 5.92 Å². The Morgan fingerprint density at radius 3 is 2.00 bits per heavy atom. The van der Waals surface area contributed by atoms with Crippen LogP contribution in [0.1, 0.15) is 29.5 Å². The average molecular weight is 369 g/mol. The molecule has 0 spiro atoms. The van der Waals surface area contributed by atoms with Crippen molar-refractivity contribution in [3.8, 4) is 6.07 Å². The number of aromatic nitrogens is 1. The summed E-state index contributed by atoms with van der Waals surface area (Å²) < 4.78 is 0. The maximum Gasteiger partial charge on any atom is 0.146 e. The number of benzene rings is 2. The summed E-state index contributed by atoms with van der Waals surface area (Å²) in [7, 11) is 0. The number of pyridine rings is 1. The zero-order valence-electron chi connectivity index (χ0n) is 15.7. The van der Waals surface area contributed by atoms with Crippen LogP contribution < -0.4 is 4.90 Å².